The molecule has 10 heterocycles. The molecule has 0 saturated carbocycles. The molecule has 14 heteroatoms. The number of pyridine rings is 2. The lowest BCUT2D eigenvalue weighted by Crippen LogP contribution is -2.86. The molecule has 12 rings (SSSR count). The summed E-state index contributed by atoms with van der Waals surface area (Å²) in [7, 11) is 0. The molecule has 6 aromatic heterocycles. The maximum absolute atomic E-state index is 6.72. The van der Waals surface area contributed by atoms with Crippen molar-refractivity contribution in [2.45, 2.75) is 89.4 Å². The van der Waals surface area contributed by atoms with E-state index < -0.39 is 0 Å². The normalized spacial score (nSPS) is 21.0. The number of quaternary nitrogens is 1. The lowest BCUT2D eigenvalue weighted by molar-refractivity contribution is -0.620. The number of fused-ring (bicyclic) bond motifs is 4. The van der Waals surface area contributed by atoms with E-state index in [2.05, 4.69) is 107 Å². The molecule has 3 N–H and O–H groups in total. The topological polar surface area (TPSA) is 140 Å². The molecule has 4 aliphatic heterocycles. The average Bonchev–Trinajstić information content (AvgIpc) is 4.17. The van der Waals surface area contributed by atoms with E-state index in [9.17, 15) is 0 Å². The van der Waals surface area contributed by atoms with E-state index in [1.807, 2.05) is 21.2 Å². The van der Waals surface area contributed by atoms with Gasteiger partial charge in [-0.25, -0.2) is 19.9 Å². The SMILES string of the molecule is Cc1cc2ccccc2nc1-c1cc2nc(N3CCCC3C3CC(Nc4cc(N5CCCC5)nc5cc(-c6cc(C)c7ccccc7n6)nn45)CCO3)cc([NH2+]C3CCOCC3)n2n1. The molecule has 3 atom stereocenters. The van der Waals surface area contributed by atoms with Gasteiger partial charge in [-0.15, -0.1) is 0 Å². The highest BCUT2D eigenvalue weighted by atomic mass is 16.5. The van der Waals surface area contributed by atoms with Gasteiger partial charge in [0.2, 0.25) is 5.82 Å². The first-order valence-corrected chi connectivity index (χ1v) is 23.3. The number of nitrogens with two attached hydrogens (primary N) is 1. The van der Waals surface area contributed by atoms with Crippen LogP contribution in [0.1, 0.15) is 62.5 Å². The van der Waals surface area contributed by atoms with Crippen LogP contribution < -0.4 is 20.4 Å². The third kappa shape index (κ3) is 7.36. The summed E-state index contributed by atoms with van der Waals surface area (Å²) in [4.78, 5) is 25.6. The van der Waals surface area contributed by atoms with Crippen LogP contribution in [-0.2, 0) is 9.47 Å². The van der Waals surface area contributed by atoms with Gasteiger partial charge < -0.3 is 24.6 Å². The molecule has 14 nitrogen and oxygen atoms in total. The molecule has 0 aliphatic carbocycles. The molecule has 64 heavy (non-hydrogen) atoms. The van der Waals surface area contributed by atoms with Crippen LogP contribution in [0.3, 0.4) is 0 Å². The third-order valence-corrected chi connectivity index (χ3v) is 14.0. The van der Waals surface area contributed by atoms with Crippen molar-refractivity contribution in [2.75, 3.05) is 54.6 Å². The number of nitrogens with zero attached hydrogens (tertiary/aromatic N) is 10. The number of benzene rings is 2. The summed E-state index contributed by atoms with van der Waals surface area (Å²) in [6.07, 6.45) is 8.30. The number of aryl methyl sites for hydroxylation is 2. The number of hydrogen-bond acceptors (Lipinski definition) is 11. The molecule has 2 aromatic carbocycles. The van der Waals surface area contributed by atoms with Crippen molar-refractivity contribution in [2.24, 2.45) is 0 Å². The Hall–Kier alpha value is -6.22. The Bertz CT molecular complexity index is 3020. The summed E-state index contributed by atoms with van der Waals surface area (Å²) in [5.41, 5.74) is 9.28. The lowest BCUT2D eigenvalue weighted by Gasteiger charge is -2.38. The molecule has 0 spiro atoms. The highest BCUT2D eigenvalue weighted by Crippen LogP contribution is 2.35. The summed E-state index contributed by atoms with van der Waals surface area (Å²) in [6.45, 7) is 9.47. The van der Waals surface area contributed by atoms with E-state index in [4.69, 9.17) is 39.6 Å². The van der Waals surface area contributed by atoms with Gasteiger partial charge in [0.05, 0.1) is 59.9 Å². The highest BCUT2D eigenvalue weighted by Gasteiger charge is 2.38. The van der Waals surface area contributed by atoms with Crippen molar-refractivity contribution in [1.29, 1.82) is 0 Å². The van der Waals surface area contributed by atoms with E-state index in [1.54, 1.807) is 0 Å². The molecule has 4 aliphatic rings. The van der Waals surface area contributed by atoms with Gasteiger partial charge >= 0.3 is 0 Å². The predicted molar refractivity (Wildman–Crippen MR) is 251 cm³/mol. The van der Waals surface area contributed by atoms with Crippen molar-refractivity contribution in [3.05, 3.63) is 96.1 Å². The Labute approximate surface area is 372 Å². The van der Waals surface area contributed by atoms with Gasteiger partial charge in [0.1, 0.15) is 28.8 Å². The van der Waals surface area contributed by atoms with Gasteiger partial charge in [-0.3, -0.25) is 5.32 Å². The largest absolute Gasteiger partial charge is 0.381 e. The number of ether oxygens (including phenoxy) is 2. The number of anilines is 3. The van der Waals surface area contributed by atoms with Crippen LogP contribution in [0, 0.1) is 13.8 Å². The van der Waals surface area contributed by atoms with Gasteiger partial charge in [0, 0.05) is 74.1 Å². The quantitative estimate of drug-likeness (QED) is 0.150. The van der Waals surface area contributed by atoms with E-state index in [-0.39, 0.29) is 18.2 Å². The van der Waals surface area contributed by atoms with Gasteiger partial charge in [-0.1, -0.05) is 36.4 Å². The Balaban J connectivity index is 0.850. The molecule has 3 unspecified atom stereocenters. The number of hydrogen-bond donors (Lipinski definition) is 2. The van der Waals surface area contributed by atoms with Crippen LogP contribution in [0.2, 0.25) is 0 Å². The molecule has 0 amide bonds. The van der Waals surface area contributed by atoms with Crippen LogP contribution >= 0.6 is 0 Å². The Morgan fingerprint density at radius 3 is 2.33 bits per heavy atom. The summed E-state index contributed by atoms with van der Waals surface area (Å²) < 4.78 is 16.5. The van der Waals surface area contributed by atoms with E-state index in [0.29, 0.717) is 12.6 Å². The maximum Gasteiger partial charge on any atom is 0.231 e. The van der Waals surface area contributed by atoms with E-state index in [1.165, 1.54) is 18.4 Å². The maximum atomic E-state index is 6.72. The minimum Gasteiger partial charge on any atom is -0.381 e. The first-order chi connectivity index (χ1) is 31.5. The smallest absolute Gasteiger partial charge is 0.231 e. The van der Waals surface area contributed by atoms with Crippen LogP contribution in [0.5, 0.6) is 0 Å². The van der Waals surface area contributed by atoms with Gasteiger partial charge in [0.15, 0.2) is 11.3 Å². The lowest BCUT2D eigenvalue weighted by atomic mass is 9.96. The Kier molecular flexibility index (Phi) is 10.1. The van der Waals surface area contributed by atoms with Crippen LogP contribution in [0.15, 0.2) is 84.9 Å². The Morgan fingerprint density at radius 2 is 1.44 bits per heavy atom. The van der Waals surface area contributed by atoms with E-state index in [0.717, 1.165) is 156 Å². The molecule has 4 saturated heterocycles. The standard InChI is InChI=1S/C50H54N12O2/c1-31-25-39(53-38-13-6-4-11-36(31)38)40-27-46-55-44(59-18-7-8-19-59)29-48(61(46)57-40)52-35-17-23-64-43(26-35)42-14-9-20-60(42)45-30-49(51-34-15-21-63-22-16-34)62-47(56-45)28-41(58-62)50-32(2)24-33-10-3-5-12-37(33)54-50/h3-6,10-13,24-25,27-30,34-35,42-43,51-52H,7-9,14-23,26H2,1-2H3/p+1. The minimum absolute atomic E-state index is 0.0351. The predicted octanol–water partition coefficient (Wildman–Crippen LogP) is 7.42. The number of para-hydroxylation sites is 2. The van der Waals surface area contributed by atoms with Crippen molar-refractivity contribution in [3.63, 3.8) is 0 Å². The summed E-state index contributed by atoms with van der Waals surface area (Å²) in [5, 5.41) is 19.0. The number of nitrogens with one attached hydrogen (secondary N) is 1. The van der Waals surface area contributed by atoms with Crippen LogP contribution in [0.4, 0.5) is 23.3 Å². The molecular weight excluding hydrogens is 801 g/mol. The van der Waals surface area contributed by atoms with Gasteiger partial charge in [0.25, 0.3) is 0 Å². The van der Waals surface area contributed by atoms with Crippen LogP contribution in [-0.4, -0.2) is 103 Å². The third-order valence-electron chi connectivity index (χ3n) is 14.0. The number of rotatable bonds is 9. The number of aromatic nitrogens is 8. The molecule has 4 fully saturated rings. The second-order valence-corrected chi connectivity index (χ2v) is 18.3. The fraction of sp³-hybridized carbons (Fsp3) is 0.400. The zero-order valence-corrected chi connectivity index (χ0v) is 36.7. The fourth-order valence-corrected chi connectivity index (χ4v) is 10.6. The van der Waals surface area contributed by atoms with Crippen molar-refractivity contribution < 1.29 is 14.8 Å². The summed E-state index contributed by atoms with van der Waals surface area (Å²) in [5.74, 6) is 4.00. The summed E-state index contributed by atoms with van der Waals surface area (Å²) in [6, 6.07) is 30.4. The van der Waals surface area contributed by atoms with Crippen molar-refractivity contribution >= 4 is 56.4 Å². The second kappa shape index (κ2) is 16.4. The van der Waals surface area contributed by atoms with Crippen LogP contribution in [0.25, 0.3) is 55.9 Å². The monoisotopic (exact) mass is 855 g/mol. The first-order valence-electron chi connectivity index (χ1n) is 23.3. The molecule has 0 bridgehead atoms. The van der Waals surface area contributed by atoms with Gasteiger partial charge in [-0.05, 0) is 87.8 Å². The highest BCUT2D eigenvalue weighted by molar-refractivity contribution is 5.85. The average molecular weight is 856 g/mol. The fourth-order valence-electron chi connectivity index (χ4n) is 10.6. The van der Waals surface area contributed by atoms with E-state index >= 15 is 0 Å². The molecule has 0 radical (unpaired) electrons. The zero-order chi connectivity index (χ0) is 42.7. The molecule has 326 valence electrons. The zero-order valence-electron chi connectivity index (χ0n) is 36.7. The summed E-state index contributed by atoms with van der Waals surface area (Å²) >= 11 is 0. The Morgan fingerprint density at radius 1 is 0.656 bits per heavy atom. The van der Waals surface area contributed by atoms with Gasteiger partial charge in [-0.2, -0.15) is 19.2 Å². The second-order valence-electron chi connectivity index (χ2n) is 18.3. The van der Waals surface area contributed by atoms with Crippen molar-refractivity contribution in [3.8, 4) is 22.8 Å². The van der Waals surface area contributed by atoms with Crippen molar-refractivity contribution in [1.82, 2.24) is 39.2 Å². The first kappa shape index (κ1) is 39.4. The molecule has 8 aromatic rings. The minimum atomic E-state index is 0.0351. The molecular formula is C50H55N12O2+.